The van der Waals surface area contributed by atoms with Gasteiger partial charge >= 0.3 is 0 Å². The average molecular weight is 252 g/mol. The molecule has 0 saturated heterocycles. The number of furan rings is 1. The first-order valence-electron chi connectivity index (χ1n) is 4.74. The highest BCUT2D eigenvalue weighted by Gasteiger charge is 2.10. The second-order valence-electron chi connectivity index (χ2n) is 3.44. The fourth-order valence-corrected chi connectivity index (χ4v) is 1.77. The van der Waals surface area contributed by atoms with Crippen molar-refractivity contribution in [2.75, 3.05) is 0 Å². The summed E-state index contributed by atoms with van der Waals surface area (Å²) in [5, 5.41) is 0.714. The molecule has 16 heavy (non-hydrogen) atoms. The molecule has 0 aliphatic heterocycles. The summed E-state index contributed by atoms with van der Waals surface area (Å²) < 4.78 is 5.54. The first-order chi connectivity index (χ1) is 7.59. The Labute approximate surface area is 104 Å². The molecule has 2 rings (SSSR count). The molecule has 0 amide bonds. The topological polar surface area (TPSA) is 39.2 Å². The van der Waals surface area contributed by atoms with Crippen molar-refractivity contribution in [1.82, 2.24) is 0 Å². The quantitative estimate of drug-likeness (QED) is 0.830. The molecule has 0 atom stereocenters. The molecule has 0 fully saturated rings. The Balaban J connectivity index is 2.50. The number of benzene rings is 1. The average Bonchev–Trinajstić information content (AvgIpc) is 2.71. The standard InChI is InChI=1S/C12H10ClNOS/c1-7-8(3-2-4-9(7)13)10-5-6-11(15-10)12(14)16/h2-6H,1H3,(H2,14,16). The van der Waals surface area contributed by atoms with E-state index in [0.29, 0.717) is 10.8 Å². The van der Waals surface area contributed by atoms with Crippen LogP contribution in [-0.2, 0) is 0 Å². The van der Waals surface area contributed by atoms with Crippen molar-refractivity contribution >= 4 is 28.8 Å². The summed E-state index contributed by atoms with van der Waals surface area (Å²) in [6.07, 6.45) is 0. The molecule has 0 saturated carbocycles. The van der Waals surface area contributed by atoms with Gasteiger partial charge in [-0.3, -0.25) is 0 Å². The van der Waals surface area contributed by atoms with Crippen LogP contribution in [0.25, 0.3) is 11.3 Å². The molecule has 0 spiro atoms. The van der Waals surface area contributed by atoms with E-state index in [1.807, 2.05) is 31.2 Å². The molecular formula is C12H10ClNOS. The van der Waals surface area contributed by atoms with Crippen LogP contribution >= 0.6 is 23.8 Å². The van der Waals surface area contributed by atoms with E-state index in [1.165, 1.54) is 0 Å². The molecule has 1 aromatic carbocycles. The van der Waals surface area contributed by atoms with Crippen LogP contribution < -0.4 is 5.73 Å². The Hall–Kier alpha value is -1.32. The van der Waals surface area contributed by atoms with Gasteiger partial charge < -0.3 is 10.2 Å². The number of halogens is 1. The molecule has 1 heterocycles. The molecule has 2 aromatic rings. The minimum absolute atomic E-state index is 0.255. The fraction of sp³-hybridized carbons (Fsp3) is 0.0833. The van der Waals surface area contributed by atoms with E-state index < -0.39 is 0 Å². The molecule has 82 valence electrons. The maximum Gasteiger partial charge on any atom is 0.161 e. The van der Waals surface area contributed by atoms with Gasteiger partial charge in [0.05, 0.1) is 0 Å². The summed E-state index contributed by atoms with van der Waals surface area (Å²) in [6.45, 7) is 1.95. The summed E-state index contributed by atoms with van der Waals surface area (Å²) in [5.41, 5.74) is 7.42. The van der Waals surface area contributed by atoms with E-state index >= 15 is 0 Å². The Morgan fingerprint density at radius 2 is 2.06 bits per heavy atom. The highest BCUT2D eigenvalue weighted by molar-refractivity contribution is 7.80. The maximum absolute atomic E-state index is 6.04. The second kappa shape index (κ2) is 4.28. The van der Waals surface area contributed by atoms with Gasteiger partial charge in [0.15, 0.2) is 5.76 Å². The van der Waals surface area contributed by atoms with E-state index in [9.17, 15) is 0 Å². The van der Waals surface area contributed by atoms with Crippen LogP contribution in [0.1, 0.15) is 11.3 Å². The van der Waals surface area contributed by atoms with Crippen LogP contribution in [-0.4, -0.2) is 4.99 Å². The van der Waals surface area contributed by atoms with Gasteiger partial charge in [0.25, 0.3) is 0 Å². The SMILES string of the molecule is Cc1c(Cl)cccc1-c1ccc(C(N)=S)o1. The van der Waals surface area contributed by atoms with Gasteiger partial charge in [-0.1, -0.05) is 36.0 Å². The fourth-order valence-electron chi connectivity index (χ4n) is 1.49. The van der Waals surface area contributed by atoms with Gasteiger partial charge in [-0.15, -0.1) is 0 Å². The van der Waals surface area contributed by atoms with Crippen LogP contribution in [0.4, 0.5) is 0 Å². The number of nitrogens with two attached hydrogens (primary N) is 1. The zero-order chi connectivity index (χ0) is 11.7. The summed E-state index contributed by atoms with van der Waals surface area (Å²) >= 11 is 10.9. The first kappa shape index (κ1) is 11.2. The van der Waals surface area contributed by atoms with E-state index in [-0.39, 0.29) is 4.99 Å². The molecule has 0 unspecified atom stereocenters. The van der Waals surface area contributed by atoms with E-state index in [2.05, 4.69) is 0 Å². The van der Waals surface area contributed by atoms with E-state index in [0.717, 1.165) is 16.9 Å². The third-order valence-corrected chi connectivity index (χ3v) is 2.99. The van der Waals surface area contributed by atoms with Crippen LogP contribution in [0.15, 0.2) is 34.7 Å². The monoisotopic (exact) mass is 251 g/mol. The number of rotatable bonds is 2. The molecule has 0 radical (unpaired) electrons. The lowest BCUT2D eigenvalue weighted by Crippen LogP contribution is -2.07. The van der Waals surface area contributed by atoms with Crippen molar-refractivity contribution in [3.8, 4) is 11.3 Å². The predicted octanol–water partition coefficient (Wildman–Crippen LogP) is 3.54. The second-order valence-corrected chi connectivity index (χ2v) is 4.29. The van der Waals surface area contributed by atoms with Crippen molar-refractivity contribution < 1.29 is 4.42 Å². The number of hydrogen-bond acceptors (Lipinski definition) is 2. The minimum atomic E-state index is 0.255. The van der Waals surface area contributed by atoms with Gasteiger partial charge in [-0.2, -0.15) is 0 Å². The van der Waals surface area contributed by atoms with Crippen LogP contribution in [0.2, 0.25) is 5.02 Å². The third kappa shape index (κ3) is 1.96. The summed E-state index contributed by atoms with van der Waals surface area (Å²) in [5.74, 6) is 1.24. The molecule has 0 bridgehead atoms. The van der Waals surface area contributed by atoms with Gasteiger partial charge in [0.1, 0.15) is 10.7 Å². The Bertz CT molecular complexity index is 548. The first-order valence-corrected chi connectivity index (χ1v) is 5.53. The van der Waals surface area contributed by atoms with Crippen LogP contribution in [0.3, 0.4) is 0 Å². The van der Waals surface area contributed by atoms with Crippen molar-refractivity contribution in [3.05, 3.63) is 46.7 Å². The van der Waals surface area contributed by atoms with Crippen LogP contribution in [0.5, 0.6) is 0 Å². The van der Waals surface area contributed by atoms with Crippen LogP contribution in [0, 0.1) is 6.92 Å². The minimum Gasteiger partial charge on any atom is -0.454 e. The smallest absolute Gasteiger partial charge is 0.161 e. The Morgan fingerprint density at radius 3 is 2.69 bits per heavy atom. The van der Waals surface area contributed by atoms with Crippen molar-refractivity contribution in [2.24, 2.45) is 5.73 Å². The molecule has 4 heteroatoms. The van der Waals surface area contributed by atoms with E-state index in [4.69, 9.17) is 34.0 Å². The molecular weight excluding hydrogens is 242 g/mol. The van der Waals surface area contributed by atoms with Gasteiger partial charge in [0, 0.05) is 10.6 Å². The zero-order valence-corrected chi connectivity index (χ0v) is 10.2. The van der Waals surface area contributed by atoms with Gasteiger partial charge in [0.2, 0.25) is 0 Å². The zero-order valence-electron chi connectivity index (χ0n) is 8.66. The summed E-state index contributed by atoms with van der Waals surface area (Å²) in [6, 6.07) is 9.28. The third-order valence-electron chi connectivity index (χ3n) is 2.38. The lowest BCUT2D eigenvalue weighted by molar-refractivity contribution is 0.573. The lowest BCUT2D eigenvalue weighted by atomic mass is 10.1. The predicted molar refractivity (Wildman–Crippen MR) is 69.8 cm³/mol. The Kier molecular flexibility index (Phi) is 2.99. The van der Waals surface area contributed by atoms with Gasteiger partial charge in [-0.25, -0.2) is 0 Å². The van der Waals surface area contributed by atoms with Crippen molar-refractivity contribution in [1.29, 1.82) is 0 Å². The molecule has 0 aliphatic carbocycles. The molecule has 1 aromatic heterocycles. The largest absolute Gasteiger partial charge is 0.454 e. The van der Waals surface area contributed by atoms with Crippen molar-refractivity contribution in [2.45, 2.75) is 6.92 Å². The lowest BCUT2D eigenvalue weighted by Gasteiger charge is -2.03. The number of thiocarbonyl (C=S) groups is 1. The van der Waals surface area contributed by atoms with Gasteiger partial charge in [-0.05, 0) is 30.7 Å². The highest BCUT2D eigenvalue weighted by Crippen LogP contribution is 2.29. The van der Waals surface area contributed by atoms with Crippen molar-refractivity contribution in [3.63, 3.8) is 0 Å². The Morgan fingerprint density at radius 1 is 1.31 bits per heavy atom. The van der Waals surface area contributed by atoms with E-state index in [1.54, 1.807) is 6.07 Å². The number of hydrogen-bond donors (Lipinski definition) is 1. The molecule has 2 nitrogen and oxygen atoms in total. The highest BCUT2D eigenvalue weighted by atomic mass is 35.5. The summed E-state index contributed by atoms with van der Waals surface area (Å²) in [7, 11) is 0. The summed E-state index contributed by atoms with van der Waals surface area (Å²) in [4.78, 5) is 0.255. The molecule has 2 N–H and O–H groups in total. The maximum atomic E-state index is 6.04. The molecule has 0 aliphatic rings. The normalized spacial score (nSPS) is 10.4.